The normalized spacial score (nSPS) is 20.2. The highest BCUT2D eigenvalue weighted by molar-refractivity contribution is 6.36. The van der Waals surface area contributed by atoms with Gasteiger partial charge in [0.05, 0.1) is 34.7 Å². The van der Waals surface area contributed by atoms with Crippen LogP contribution in [0.15, 0.2) is 35.9 Å². The molecule has 2 fully saturated rings. The van der Waals surface area contributed by atoms with Gasteiger partial charge in [-0.05, 0) is 50.6 Å². The van der Waals surface area contributed by atoms with Crippen LogP contribution >= 0.6 is 11.6 Å². The Morgan fingerprint density at radius 1 is 1.11 bits per heavy atom. The third kappa shape index (κ3) is 5.01. The molecule has 35 heavy (non-hydrogen) atoms. The predicted octanol–water partition coefficient (Wildman–Crippen LogP) is 4.40. The molecule has 10 heteroatoms. The molecule has 3 N–H and O–H groups in total. The fourth-order valence-corrected chi connectivity index (χ4v) is 4.99. The summed E-state index contributed by atoms with van der Waals surface area (Å²) in [5, 5.41) is 15.1. The molecule has 1 atom stereocenters. The Morgan fingerprint density at radius 2 is 1.80 bits per heavy atom. The van der Waals surface area contributed by atoms with Gasteiger partial charge in [-0.1, -0.05) is 11.6 Å². The number of anilines is 1. The first-order valence-corrected chi connectivity index (χ1v) is 11.8. The second-order valence-electron chi connectivity index (χ2n) is 8.66. The summed E-state index contributed by atoms with van der Waals surface area (Å²) in [7, 11) is 1.62. The molecule has 2 saturated heterocycles. The summed E-state index contributed by atoms with van der Waals surface area (Å²) < 4.78 is 42.2. The van der Waals surface area contributed by atoms with Crippen molar-refractivity contribution in [3.63, 3.8) is 0 Å². The maximum absolute atomic E-state index is 14.5. The van der Waals surface area contributed by atoms with E-state index in [1.54, 1.807) is 14.0 Å². The van der Waals surface area contributed by atoms with Crippen molar-refractivity contribution in [2.75, 3.05) is 38.3 Å². The highest BCUT2D eigenvalue weighted by Gasteiger charge is 2.34. The van der Waals surface area contributed by atoms with E-state index in [9.17, 15) is 18.0 Å². The van der Waals surface area contributed by atoms with Crippen molar-refractivity contribution in [1.82, 2.24) is 15.5 Å². The summed E-state index contributed by atoms with van der Waals surface area (Å²) in [4.78, 5) is 16.9. The minimum atomic E-state index is -0.721. The lowest BCUT2D eigenvalue weighted by atomic mass is 9.90. The zero-order valence-corrected chi connectivity index (χ0v) is 20.3. The largest absolute Gasteiger partial charge is 0.387 e. The van der Waals surface area contributed by atoms with E-state index in [-0.39, 0.29) is 34.8 Å². The maximum Gasteiger partial charge on any atom is 0.256 e. The van der Waals surface area contributed by atoms with Gasteiger partial charge >= 0.3 is 0 Å². The smallest absolute Gasteiger partial charge is 0.256 e. The molecule has 0 aromatic heterocycles. The summed E-state index contributed by atoms with van der Waals surface area (Å²) in [5.74, 6) is -2.48. The Morgan fingerprint density at radius 3 is 2.43 bits per heavy atom. The van der Waals surface area contributed by atoms with Gasteiger partial charge in [-0.3, -0.25) is 10.1 Å². The van der Waals surface area contributed by atoms with Gasteiger partial charge < -0.3 is 20.5 Å². The van der Waals surface area contributed by atoms with E-state index in [1.807, 2.05) is 4.90 Å². The first-order chi connectivity index (χ1) is 16.7. The van der Waals surface area contributed by atoms with Crippen LogP contribution in [-0.4, -0.2) is 55.9 Å². The fourth-order valence-electron chi connectivity index (χ4n) is 4.68. The van der Waals surface area contributed by atoms with E-state index in [4.69, 9.17) is 17.0 Å². The van der Waals surface area contributed by atoms with Gasteiger partial charge in [-0.2, -0.15) is 0 Å². The van der Waals surface area contributed by atoms with Crippen LogP contribution < -0.4 is 15.5 Å². The number of nitrogens with one attached hydrogen (secondary N) is 3. The van der Waals surface area contributed by atoms with Crippen LogP contribution in [0.25, 0.3) is 5.70 Å². The lowest BCUT2D eigenvalue weighted by Gasteiger charge is -2.37. The molecule has 6 nitrogen and oxygen atoms in total. The molecule has 2 aliphatic rings. The van der Waals surface area contributed by atoms with Crippen LogP contribution in [0.2, 0.25) is 5.02 Å². The van der Waals surface area contributed by atoms with E-state index in [0.717, 1.165) is 25.1 Å². The number of carbonyl (C=O) groups excluding carboxylic acids is 1. The Labute approximate surface area is 207 Å². The molecule has 0 spiro atoms. The summed E-state index contributed by atoms with van der Waals surface area (Å²) in [6.45, 7) is 3.98. The Kier molecular flexibility index (Phi) is 7.37. The van der Waals surface area contributed by atoms with E-state index in [0.29, 0.717) is 30.2 Å². The van der Waals surface area contributed by atoms with Crippen LogP contribution in [0.4, 0.5) is 18.9 Å². The van der Waals surface area contributed by atoms with Crippen molar-refractivity contribution >= 4 is 34.6 Å². The fraction of sp³-hybridized carbons (Fsp3) is 0.360. The number of piperidine rings is 1. The van der Waals surface area contributed by atoms with Gasteiger partial charge in [0, 0.05) is 43.0 Å². The molecular formula is C25H27ClF3N5O. The van der Waals surface area contributed by atoms with Crippen LogP contribution in [0.3, 0.4) is 0 Å². The van der Waals surface area contributed by atoms with Crippen molar-refractivity contribution in [2.24, 2.45) is 0 Å². The quantitative estimate of drug-likeness (QED) is 0.576. The monoisotopic (exact) mass is 505 g/mol. The molecule has 0 bridgehead atoms. The minimum Gasteiger partial charge on any atom is -0.387 e. The minimum absolute atomic E-state index is 0.0420. The molecule has 0 radical (unpaired) electrons. The number of amides is 1. The Balaban J connectivity index is 1.64. The van der Waals surface area contributed by atoms with E-state index >= 15 is 0 Å². The summed E-state index contributed by atoms with van der Waals surface area (Å²) in [6, 6.07) is 4.97. The first kappa shape index (κ1) is 25.1. The molecule has 1 amide bonds. The van der Waals surface area contributed by atoms with Crippen molar-refractivity contribution in [3.8, 4) is 0 Å². The SMILES string of the molecule is CN/C(=C1/CCN(C(=O)c2cc(F)cc(N3CCCNC3)c2Cl)[C@@H](C)C1=N)c1cc(F)cc(F)c1. The summed E-state index contributed by atoms with van der Waals surface area (Å²) >= 11 is 6.60. The highest BCUT2D eigenvalue weighted by atomic mass is 35.5. The number of likely N-dealkylation sites (tertiary alicyclic amines) is 1. The van der Waals surface area contributed by atoms with Crippen LogP contribution in [0.5, 0.6) is 0 Å². The van der Waals surface area contributed by atoms with Crippen LogP contribution in [0, 0.1) is 22.9 Å². The molecule has 0 aliphatic carbocycles. The molecule has 0 unspecified atom stereocenters. The Hall–Kier alpha value is -3.04. The third-order valence-electron chi connectivity index (χ3n) is 6.45. The van der Waals surface area contributed by atoms with E-state index in [2.05, 4.69) is 10.6 Å². The number of halogens is 4. The van der Waals surface area contributed by atoms with Crippen LogP contribution in [0.1, 0.15) is 35.7 Å². The third-order valence-corrected chi connectivity index (χ3v) is 6.85. The molecule has 2 aromatic rings. The number of benzene rings is 2. The number of carbonyl (C=O) groups is 1. The standard InChI is InChI=1S/C25H27ClF3N5O/c1-14-23(30)19(24(31-2)15-8-16(27)10-17(28)9-15)4-7-34(14)25(35)20-11-18(29)12-21(22(20)26)33-6-3-5-32-13-33/h8-12,14,30-32H,3-7,13H2,1-2H3/b24-19-,30-23?/t14-/m0/s1. The second kappa shape index (κ2) is 10.3. The predicted molar refractivity (Wildman–Crippen MR) is 131 cm³/mol. The van der Waals surface area contributed by atoms with Gasteiger partial charge in [-0.15, -0.1) is 0 Å². The van der Waals surface area contributed by atoms with Crippen LogP contribution in [-0.2, 0) is 0 Å². The molecule has 0 saturated carbocycles. The highest BCUT2D eigenvalue weighted by Crippen LogP contribution is 2.34. The summed E-state index contributed by atoms with van der Waals surface area (Å²) in [6.07, 6.45) is 1.15. The molecule has 2 aliphatic heterocycles. The zero-order valence-electron chi connectivity index (χ0n) is 19.5. The molecule has 186 valence electrons. The number of hydrogen-bond acceptors (Lipinski definition) is 5. The van der Waals surface area contributed by atoms with Gasteiger partial charge in [0.2, 0.25) is 0 Å². The van der Waals surface area contributed by atoms with Crippen molar-refractivity contribution in [3.05, 3.63) is 69.5 Å². The summed E-state index contributed by atoms with van der Waals surface area (Å²) in [5.41, 5.74) is 1.89. The van der Waals surface area contributed by atoms with E-state index in [1.165, 1.54) is 23.1 Å². The van der Waals surface area contributed by atoms with Gasteiger partial charge in [0.15, 0.2) is 0 Å². The zero-order chi connectivity index (χ0) is 25.3. The van der Waals surface area contributed by atoms with Gasteiger partial charge in [-0.25, -0.2) is 13.2 Å². The Bertz CT molecular complexity index is 1180. The average molecular weight is 506 g/mol. The molecule has 4 rings (SSSR count). The number of hydrogen-bond donors (Lipinski definition) is 3. The maximum atomic E-state index is 14.5. The van der Waals surface area contributed by atoms with Gasteiger partial charge in [0.25, 0.3) is 5.91 Å². The first-order valence-electron chi connectivity index (χ1n) is 11.4. The second-order valence-corrected chi connectivity index (χ2v) is 9.04. The van der Waals surface area contributed by atoms with Crippen molar-refractivity contribution in [1.29, 1.82) is 5.41 Å². The number of nitrogens with zero attached hydrogens (tertiary/aromatic N) is 2. The van der Waals surface area contributed by atoms with Gasteiger partial charge in [0.1, 0.15) is 17.5 Å². The average Bonchev–Trinajstić information content (AvgIpc) is 2.83. The van der Waals surface area contributed by atoms with E-state index < -0.39 is 29.4 Å². The lowest BCUT2D eigenvalue weighted by molar-refractivity contribution is 0.0728. The molecule has 2 heterocycles. The topological polar surface area (TPSA) is 71.5 Å². The number of rotatable bonds is 4. The van der Waals surface area contributed by atoms with Crippen molar-refractivity contribution in [2.45, 2.75) is 25.8 Å². The molecular weight excluding hydrogens is 479 g/mol. The van der Waals surface area contributed by atoms with Crippen molar-refractivity contribution < 1.29 is 18.0 Å². The lowest BCUT2D eigenvalue weighted by Crippen LogP contribution is -2.48. The molecule has 2 aromatic carbocycles.